The van der Waals surface area contributed by atoms with Crippen LogP contribution in [0.5, 0.6) is 0 Å². The standard InChI is InChI=1S/C23H26N4O/c1-26(2)19-12-10-18(11-13-19)22-23-20(9-6-14-27(23)16-24-22)25-21(28)15-17-7-4-3-5-8-17/h3-5,7-8,10-13,16,20H,6,9,14-15H2,1-2H3,(H,25,28). The van der Waals surface area contributed by atoms with Crippen LogP contribution in [0.3, 0.4) is 0 Å². The zero-order valence-electron chi connectivity index (χ0n) is 16.4. The van der Waals surface area contributed by atoms with Crippen LogP contribution in [0, 0.1) is 0 Å². The predicted octanol–water partition coefficient (Wildman–Crippen LogP) is 3.81. The van der Waals surface area contributed by atoms with Crippen LogP contribution in [0.15, 0.2) is 60.9 Å². The van der Waals surface area contributed by atoms with E-state index in [1.807, 2.05) is 50.8 Å². The molecule has 2 heterocycles. The summed E-state index contributed by atoms with van der Waals surface area (Å²) in [7, 11) is 4.07. The highest BCUT2D eigenvalue weighted by atomic mass is 16.1. The number of rotatable bonds is 5. The van der Waals surface area contributed by atoms with Crippen LogP contribution in [-0.4, -0.2) is 29.6 Å². The minimum absolute atomic E-state index is 0.00372. The molecule has 144 valence electrons. The summed E-state index contributed by atoms with van der Waals surface area (Å²) in [5, 5.41) is 3.24. The minimum Gasteiger partial charge on any atom is -0.378 e. The molecule has 1 atom stereocenters. The predicted molar refractivity (Wildman–Crippen MR) is 112 cm³/mol. The molecule has 1 N–H and O–H groups in total. The van der Waals surface area contributed by atoms with Crippen molar-refractivity contribution in [2.45, 2.75) is 31.8 Å². The van der Waals surface area contributed by atoms with E-state index in [0.29, 0.717) is 6.42 Å². The summed E-state index contributed by atoms with van der Waals surface area (Å²) in [5.74, 6) is 0.0553. The number of imidazole rings is 1. The number of nitrogens with one attached hydrogen (secondary N) is 1. The SMILES string of the molecule is CN(C)c1ccc(-c2ncn3c2C(NC(=O)Cc2ccccc2)CCC3)cc1. The summed E-state index contributed by atoms with van der Waals surface area (Å²) in [6.45, 7) is 0.948. The topological polar surface area (TPSA) is 50.2 Å². The number of amides is 1. The molecule has 0 fully saturated rings. The van der Waals surface area contributed by atoms with Crippen molar-refractivity contribution in [3.05, 3.63) is 72.2 Å². The summed E-state index contributed by atoms with van der Waals surface area (Å²) < 4.78 is 2.19. The fraction of sp³-hybridized carbons (Fsp3) is 0.304. The second kappa shape index (κ2) is 7.89. The lowest BCUT2D eigenvalue weighted by Crippen LogP contribution is -2.33. The van der Waals surface area contributed by atoms with Gasteiger partial charge in [-0.1, -0.05) is 42.5 Å². The van der Waals surface area contributed by atoms with E-state index < -0.39 is 0 Å². The fourth-order valence-corrected chi connectivity index (χ4v) is 3.84. The summed E-state index contributed by atoms with van der Waals surface area (Å²) >= 11 is 0. The van der Waals surface area contributed by atoms with Gasteiger partial charge >= 0.3 is 0 Å². The van der Waals surface area contributed by atoms with Gasteiger partial charge in [0.25, 0.3) is 0 Å². The normalized spacial score (nSPS) is 15.7. The Morgan fingerprint density at radius 3 is 2.61 bits per heavy atom. The maximum atomic E-state index is 12.6. The fourth-order valence-electron chi connectivity index (χ4n) is 3.84. The third-order valence-electron chi connectivity index (χ3n) is 5.30. The molecule has 2 aromatic carbocycles. The number of fused-ring (bicyclic) bond motifs is 1. The Hall–Kier alpha value is -3.08. The Balaban J connectivity index is 1.57. The molecular formula is C23H26N4O. The van der Waals surface area contributed by atoms with Crippen LogP contribution in [0.2, 0.25) is 0 Å². The highest BCUT2D eigenvalue weighted by Crippen LogP contribution is 2.33. The maximum absolute atomic E-state index is 12.6. The number of benzene rings is 2. The smallest absolute Gasteiger partial charge is 0.224 e. The molecule has 0 bridgehead atoms. The highest BCUT2D eigenvalue weighted by Gasteiger charge is 2.26. The molecule has 0 radical (unpaired) electrons. The molecule has 4 rings (SSSR count). The first-order valence-electron chi connectivity index (χ1n) is 9.78. The Morgan fingerprint density at radius 2 is 1.89 bits per heavy atom. The number of aromatic nitrogens is 2. The third-order valence-corrected chi connectivity index (χ3v) is 5.30. The van der Waals surface area contributed by atoms with E-state index >= 15 is 0 Å². The van der Waals surface area contributed by atoms with Crippen LogP contribution >= 0.6 is 0 Å². The van der Waals surface area contributed by atoms with Crippen LogP contribution in [-0.2, 0) is 17.8 Å². The molecule has 1 unspecified atom stereocenters. The van der Waals surface area contributed by atoms with Gasteiger partial charge in [0.2, 0.25) is 5.91 Å². The third kappa shape index (κ3) is 3.79. The minimum atomic E-state index is -0.00372. The largest absolute Gasteiger partial charge is 0.378 e. The van der Waals surface area contributed by atoms with Gasteiger partial charge in [-0.3, -0.25) is 4.79 Å². The van der Waals surface area contributed by atoms with Crippen molar-refractivity contribution in [2.75, 3.05) is 19.0 Å². The first-order valence-corrected chi connectivity index (χ1v) is 9.78. The molecule has 1 aromatic heterocycles. The van der Waals surface area contributed by atoms with Gasteiger partial charge in [-0.05, 0) is 30.5 Å². The molecular weight excluding hydrogens is 348 g/mol. The summed E-state index contributed by atoms with van der Waals surface area (Å²) in [6.07, 6.45) is 4.28. The quantitative estimate of drug-likeness (QED) is 0.739. The van der Waals surface area contributed by atoms with Crippen molar-refractivity contribution >= 4 is 11.6 Å². The lowest BCUT2D eigenvalue weighted by Gasteiger charge is -2.26. The first-order chi connectivity index (χ1) is 13.6. The Bertz CT molecular complexity index is 944. The van der Waals surface area contributed by atoms with Crippen molar-refractivity contribution in [1.82, 2.24) is 14.9 Å². The Labute approximate surface area is 166 Å². The molecule has 5 heteroatoms. The molecule has 1 amide bonds. The van der Waals surface area contributed by atoms with Gasteiger partial charge < -0.3 is 14.8 Å². The van der Waals surface area contributed by atoms with E-state index in [9.17, 15) is 4.79 Å². The zero-order chi connectivity index (χ0) is 19.5. The first kappa shape index (κ1) is 18.3. The van der Waals surface area contributed by atoms with Gasteiger partial charge in [-0.15, -0.1) is 0 Å². The molecule has 0 spiro atoms. The van der Waals surface area contributed by atoms with Crippen LogP contribution in [0.1, 0.15) is 30.1 Å². The van der Waals surface area contributed by atoms with E-state index in [4.69, 9.17) is 0 Å². The molecule has 28 heavy (non-hydrogen) atoms. The number of aryl methyl sites for hydroxylation is 1. The van der Waals surface area contributed by atoms with Gasteiger partial charge in [-0.2, -0.15) is 0 Å². The van der Waals surface area contributed by atoms with Crippen molar-refractivity contribution in [3.8, 4) is 11.3 Å². The number of nitrogens with zero attached hydrogens (tertiary/aromatic N) is 3. The highest BCUT2D eigenvalue weighted by molar-refractivity contribution is 5.79. The van der Waals surface area contributed by atoms with Gasteiger partial charge in [0.05, 0.1) is 30.2 Å². The summed E-state index contributed by atoms with van der Waals surface area (Å²) in [6, 6.07) is 18.3. The van der Waals surface area contributed by atoms with E-state index in [1.165, 1.54) is 0 Å². The van der Waals surface area contributed by atoms with E-state index in [0.717, 1.165) is 47.6 Å². The number of hydrogen-bond acceptors (Lipinski definition) is 3. The summed E-state index contributed by atoms with van der Waals surface area (Å²) in [5.41, 5.74) is 5.36. The number of anilines is 1. The van der Waals surface area contributed by atoms with E-state index in [1.54, 1.807) is 0 Å². The van der Waals surface area contributed by atoms with E-state index in [2.05, 4.69) is 44.0 Å². The molecule has 5 nitrogen and oxygen atoms in total. The molecule has 1 aliphatic heterocycles. The van der Waals surface area contributed by atoms with E-state index in [-0.39, 0.29) is 11.9 Å². The monoisotopic (exact) mass is 374 g/mol. The number of carbonyl (C=O) groups is 1. The molecule has 0 aliphatic carbocycles. The number of hydrogen-bond donors (Lipinski definition) is 1. The van der Waals surface area contributed by atoms with Gasteiger partial charge in [0, 0.05) is 31.9 Å². The van der Waals surface area contributed by atoms with Crippen LogP contribution < -0.4 is 10.2 Å². The van der Waals surface area contributed by atoms with Crippen LogP contribution in [0.25, 0.3) is 11.3 Å². The van der Waals surface area contributed by atoms with Crippen molar-refractivity contribution in [1.29, 1.82) is 0 Å². The number of carbonyl (C=O) groups excluding carboxylic acids is 1. The summed E-state index contributed by atoms with van der Waals surface area (Å²) in [4.78, 5) is 19.4. The maximum Gasteiger partial charge on any atom is 0.224 e. The Morgan fingerprint density at radius 1 is 1.14 bits per heavy atom. The molecule has 0 saturated carbocycles. The van der Waals surface area contributed by atoms with Gasteiger partial charge in [0.1, 0.15) is 0 Å². The molecule has 0 saturated heterocycles. The van der Waals surface area contributed by atoms with Crippen molar-refractivity contribution < 1.29 is 4.79 Å². The van der Waals surface area contributed by atoms with Crippen LogP contribution in [0.4, 0.5) is 5.69 Å². The lowest BCUT2D eigenvalue weighted by atomic mass is 9.98. The van der Waals surface area contributed by atoms with Crippen molar-refractivity contribution in [3.63, 3.8) is 0 Å². The lowest BCUT2D eigenvalue weighted by molar-refractivity contribution is -0.121. The average Bonchev–Trinajstić information content (AvgIpc) is 3.14. The molecule has 3 aromatic rings. The van der Waals surface area contributed by atoms with Gasteiger partial charge in [0.15, 0.2) is 0 Å². The average molecular weight is 374 g/mol. The Kier molecular flexibility index (Phi) is 5.15. The molecule has 1 aliphatic rings. The van der Waals surface area contributed by atoms with Crippen molar-refractivity contribution in [2.24, 2.45) is 0 Å². The van der Waals surface area contributed by atoms with Gasteiger partial charge in [-0.25, -0.2) is 4.98 Å². The second-order valence-corrected chi connectivity index (χ2v) is 7.54. The zero-order valence-corrected chi connectivity index (χ0v) is 16.4. The second-order valence-electron chi connectivity index (χ2n) is 7.54.